The van der Waals surface area contributed by atoms with Crippen molar-refractivity contribution in [3.63, 3.8) is 0 Å². The molecule has 0 aromatic rings. The molecule has 1 rings (SSSR count). The van der Waals surface area contributed by atoms with Crippen LogP contribution in [0.2, 0.25) is 0 Å². The fraction of sp³-hybridized carbons (Fsp3) is 0.700. The summed E-state index contributed by atoms with van der Waals surface area (Å²) in [7, 11) is 0. The molecule has 0 spiro atoms. The Morgan fingerprint density at radius 1 is 1.54 bits per heavy atom. The van der Waals surface area contributed by atoms with Crippen molar-refractivity contribution in [1.82, 2.24) is 5.32 Å². The number of nitrogens with one attached hydrogen (secondary N) is 1. The van der Waals surface area contributed by atoms with Gasteiger partial charge < -0.3 is 10.1 Å². The van der Waals surface area contributed by atoms with Crippen molar-refractivity contribution in [2.24, 2.45) is 0 Å². The van der Waals surface area contributed by atoms with Crippen LogP contribution in [0.5, 0.6) is 0 Å². The van der Waals surface area contributed by atoms with E-state index in [0.29, 0.717) is 6.61 Å². The van der Waals surface area contributed by atoms with Crippen LogP contribution in [0, 0.1) is 0 Å². The first-order valence-electron chi connectivity index (χ1n) is 4.86. The fourth-order valence-electron chi connectivity index (χ4n) is 1.44. The predicted octanol–water partition coefficient (Wildman–Crippen LogP) is 1.60. The lowest BCUT2D eigenvalue weighted by atomic mass is 10.1. The SMILES string of the molecule is CCOC(=O)/C(C)=C1/CCCCN1. The van der Waals surface area contributed by atoms with Gasteiger partial charge in [-0.05, 0) is 33.1 Å². The van der Waals surface area contributed by atoms with E-state index in [1.165, 1.54) is 12.8 Å². The zero-order valence-electron chi connectivity index (χ0n) is 8.35. The fourth-order valence-corrected chi connectivity index (χ4v) is 1.44. The van der Waals surface area contributed by atoms with Gasteiger partial charge in [-0.25, -0.2) is 4.79 Å². The van der Waals surface area contributed by atoms with Crippen LogP contribution in [0.4, 0.5) is 0 Å². The van der Waals surface area contributed by atoms with Gasteiger partial charge in [0, 0.05) is 12.2 Å². The third kappa shape index (κ3) is 2.76. The van der Waals surface area contributed by atoms with E-state index >= 15 is 0 Å². The van der Waals surface area contributed by atoms with Crippen molar-refractivity contribution in [3.05, 3.63) is 11.3 Å². The van der Waals surface area contributed by atoms with Crippen molar-refractivity contribution in [1.29, 1.82) is 0 Å². The Morgan fingerprint density at radius 3 is 2.85 bits per heavy atom. The summed E-state index contributed by atoms with van der Waals surface area (Å²) in [5.74, 6) is -0.188. The van der Waals surface area contributed by atoms with E-state index in [9.17, 15) is 4.79 Å². The number of allylic oxidation sites excluding steroid dienone is 1. The summed E-state index contributed by atoms with van der Waals surface area (Å²) < 4.78 is 4.92. The average molecular weight is 183 g/mol. The Kier molecular flexibility index (Phi) is 3.80. The molecule has 0 amide bonds. The molecule has 0 saturated carbocycles. The summed E-state index contributed by atoms with van der Waals surface area (Å²) in [5, 5.41) is 3.24. The highest BCUT2D eigenvalue weighted by Gasteiger charge is 2.13. The maximum atomic E-state index is 11.3. The number of carbonyl (C=O) groups excluding carboxylic acids is 1. The van der Waals surface area contributed by atoms with Crippen LogP contribution < -0.4 is 5.32 Å². The number of rotatable bonds is 2. The minimum absolute atomic E-state index is 0.188. The van der Waals surface area contributed by atoms with Crippen LogP contribution >= 0.6 is 0 Å². The van der Waals surface area contributed by atoms with Crippen LogP contribution in [0.1, 0.15) is 33.1 Å². The molecule has 0 radical (unpaired) electrons. The molecule has 74 valence electrons. The number of piperidine rings is 1. The Morgan fingerprint density at radius 2 is 2.31 bits per heavy atom. The molecule has 1 heterocycles. The Hall–Kier alpha value is -0.990. The van der Waals surface area contributed by atoms with Crippen molar-refractivity contribution < 1.29 is 9.53 Å². The number of ether oxygens (including phenoxy) is 1. The lowest BCUT2D eigenvalue weighted by molar-refractivity contribution is -0.138. The second-order valence-corrected chi connectivity index (χ2v) is 3.21. The van der Waals surface area contributed by atoms with Crippen LogP contribution in [-0.2, 0) is 9.53 Å². The summed E-state index contributed by atoms with van der Waals surface area (Å²) in [6.45, 7) is 5.07. The highest BCUT2D eigenvalue weighted by Crippen LogP contribution is 2.15. The van der Waals surface area contributed by atoms with Crippen LogP contribution in [0.3, 0.4) is 0 Å². The van der Waals surface area contributed by atoms with Gasteiger partial charge in [-0.3, -0.25) is 0 Å². The first kappa shape index (κ1) is 10.1. The monoisotopic (exact) mass is 183 g/mol. The van der Waals surface area contributed by atoms with Crippen molar-refractivity contribution in [2.45, 2.75) is 33.1 Å². The van der Waals surface area contributed by atoms with Gasteiger partial charge in [0.2, 0.25) is 0 Å². The van der Waals surface area contributed by atoms with Crippen molar-refractivity contribution >= 4 is 5.97 Å². The molecule has 0 aromatic heterocycles. The second-order valence-electron chi connectivity index (χ2n) is 3.21. The quantitative estimate of drug-likeness (QED) is 0.522. The molecule has 0 aliphatic carbocycles. The molecule has 1 fully saturated rings. The van der Waals surface area contributed by atoms with E-state index in [1.54, 1.807) is 0 Å². The Bertz CT molecular complexity index is 213. The van der Waals surface area contributed by atoms with E-state index < -0.39 is 0 Å². The highest BCUT2D eigenvalue weighted by atomic mass is 16.5. The summed E-state index contributed by atoms with van der Waals surface area (Å²) in [4.78, 5) is 11.3. The van der Waals surface area contributed by atoms with E-state index in [4.69, 9.17) is 4.74 Å². The lowest BCUT2D eigenvalue weighted by Gasteiger charge is -2.18. The summed E-state index contributed by atoms with van der Waals surface area (Å²) in [6, 6.07) is 0. The standard InChI is InChI=1S/C10H17NO2/c1-3-13-10(12)8(2)9-6-4-5-7-11-9/h11H,3-7H2,1-2H3/b9-8-. The molecule has 0 atom stereocenters. The third-order valence-corrected chi connectivity index (χ3v) is 2.23. The van der Waals surface area contributed by atoms with Crippen LogP contribution in [0.15, 0.2) is 11.3 Å². The topological polar surface area (TPSA) is 38.3 Å². The zero-order valence-corrected chi connectivity index (χ0v) is 8.35. The van der Waals surface area contributed by atoms with Gasteiger partial charge in [0.05, 0.1) is 12.2 Å². The van der Waals surface area contributed by atoms with Gasteiger partial charge in [-0.1, -0.05) is 0 Å². The molecule has 1 aliphatic heterocycles. The van der Waals surface area contributed by atoms with E-state index in [2.05, 4.69) is 5.32 Å². The molecular formula is C10H17NO2. The number of carbonyl (C=O) groups is 1. The van der Waals surface area contributed by atoms with Gasteiger partial charge in [0.1, 0.15) is 0 Å². The lowest BCUT2D eigenvalue weighted by Crippen LogP contribution is -2.23. The molecule has 1 saturated heterocycles. The molecule has 0 unspecified atom stereocenters. The smallest absolute Gasteiger partial charge is 0.335 e. The first-order chi connectivity index (χ1) is 6.25. The second kappa shape index (κ2) is 4.90. The number of hydrogen-bond acceptors (Lipinski definition) is 3. The molecule has 0 bridgehead atoms. The van der Waals surface area contributed by atoms with E-state index in [-0.39, 0.29) is 5.97 Å². The Balaban J connectivity index is 2.60. The number of hydrogen-bond donors (Lipinski definition) is 1. The first-order valence-corrected chi connectivity index (χ1v) is 4.86. The largest absolute Gasteiger partial charge is 0.463 e. The van der Waals surface area contributed by atoms with Gasteiger partial charge in [-0.15, -0.1) is 0 Å². The van der Waals surface area contributed by atoms with Crippen LogP contribution in [0.25, 0.3) is 0 Å². The minimum atomic E-state index is -0.188. The molecule has 1 aliphatic rings. The molecule has 1 N–H and O–H groups in total. The maximum absolute atomic E-state index is 11.3. The highest BCUT2D eigenvalue weighted by molar-refractivity contribution is 5.88. The summed E-state index contributed by atoms with van der Waals surface area (Å²) >= 11 is 0. The normalized spacial score (nSPS) is 20.5. The van der Waals surface area contributed by atoms with Gasteiger partial charge in [0.25, 0.3) is 0 Å². The predicted molar refractivity (Wildman–Crippen MR) is 51.2 cm³/mol. The van der Waals surface area contributed by atoms with E-state index in [1.807, 2.05) is 13.8 Å². The van der Waals surface area contributed by atoms with Gasteiger partial charge in [-0.2, -0.15) is 0 Å². The minimum Gasteiger partial charge on any atom is -0.463 e. The molecular weight excluding hydrogens is 166 g/mol. The van der Waals surface area contributed by atoms with Crippen molar-refractivity contribution in [2.75, 3.05) is 13.2 Å². The van der Waals surface area contributed by atoms with Crippen LogP contribution in [-0.4, -0.2) is 19.1 Å². The van der Waals surface area contributed by atoms with Gasteiger partial charge in [0.15, 0.2) is 0 Å². The van der Waals surface area contributed by atoms with Gasteiger partial charge >= 0.3 is 5.97 Å². The zero-order chi connectivity index (χ0) is 9.68. The molecule has 3 heteroatoms. The van der Waals surface area contributed by atoms with Crippen molar-refractivity contribution in [3.8, 4) is 0 Å². The molecule has 3 nitrogen and oxygen atoms in total. The summed E-state index contributed by atoms with van der Waals surface area (Å²) in [6.07, 6.45) is 3.34. The number of esters is 1. The van der Waals surface area contributed by atoms with E-state index in [0.717, 1.165) is 24.2 Å². The molecule has 0 aromatic carbocycles. The average Bonchev–Trinajstić information content (AvgIpc) is 2.18. The Labute approximate surface area is 79.2 Å². The maximum Gasteiger partial charge on any atom is 0.335 e. The molecule has 13 heavy (non-hydrogen) atoms. The summed E-state index contributed by atoms with van der Waals surface area (Å²) in [5.41, 5.74) is 1.80. The third-order valence-electron chi connectivity index (χ3n) is 2.23.